The third-order valence-corrected chi connectivity index (χ3v) is 5.39. The van der Waals surface area contributed by atoms with Crippen molar-refractivity contribution in [3.05, 3.63) is 23.8 Å². The first-order chi connectivity index (χ1) is 17.3. The van der Waals surface area contributed by atoms with Crippen molar-refractivity contribution < 1.29 is 33.4 Å². The van der Waals surface area contributed by atoms with Gasteiger partial charge in [-0.1, -0.05) is 18.2 Å². The Morgan fingerprint density at radius 1 is 0.711 bits per heavy atom. The highest BCUT2D eigenvalue weighted by Crippen LogP contribution is 2.28. The SMILES string of the molecule is CC(C)(C)OC(=O)CCC(CCC(=O)OC(C)(C)C)(CCC(=O)OC(C)(C)C)NC(=O)NCC1=CC=CC1. The molecule has 0 aromatic heterocycles. The van der Waals surface area contributed by atoms with Crippen molar-refractivity contribution in [3.8, 4) is 0 Å². The summed E-state index contributed by atoms with van der Waals surface area (Å²) in [5, 5.41) is 5.84. The predicted molar refractivity (Wildman–Crippen MR) is 146 cm³/mol. The molecule has 0 saturated carbocycles. The highest BCUT2D eigenvalue weighted by atomic mass is 16.6. The van der Waals surface area contributed by atoms with E-state index in [1.165, 1.54) is 0 Å². The Morgan fingerprint density at radius 3 is 1.42 bits per heavy atom. The van der Waals surface area contributed by atoms with Crippen LogP contribution in [0.1, 0.15) is 107 Å². The van der Waals surface area contributed by atoms with Gasteiger partial charge in [-0.15, -0.1) is 0 Å². The number of nitrogens with one attached hydrogen (secondary N) is 2. The maximum Gasteiger partial charge on any atom is 0.315 e. The van der Waals surface area contributed by atoms with Gasteiger partial charge in [0.15, 0.2) is 0 Å². The fourth-order valence-electron chi connectivity index (χ4n) is 3.87. The average molecular weight is 537 g/mol. The highest BCUT2D eigenvalue weighted by Gasteiger charge is 2.35. The van der Waals surface area contributed by atoms with Crippen LogP contribution in [-0.4, -0.2) is 52.8 Å². The zero-order chi connectivity index (χ0) is 29.2. The minimum atomic E-state index is -1.06. The molecule has 1 rings (SSSR count). The molecule has 0 saturated heterocycles. The van der Waals surface area contributed by atoms with Crippen LogP contribution < -0.4 is 10.6 Å². The van der Waals surface area contributed by atoms with Gasteiger partial charge >= 0.3 is 23.9 Å². The molecule has 38 heavy (non-hydrogen) atoms. The summed E-state index contributed by atoms with van der Waals surface area (Å²) in [5.41, 5.74) is -2.00. The van der Waals surface area contributed by atoms with Gasteiger partial charge in [0, 0.05) is 31.3 Å². The fraction of sp³-hybridized carbons (Fsp3) is 0.724. The van der Waals surface area contributed by atoms with Crippen LogP contribution in [0, 0.1) is 0 Å². The molecule has 0 fully saturated rings. The average Bonchev–Trinajstić information content (AvgIpc) is 3.23. The largest absolute Gasteiger partial charge is 0.460 e. The monoisotopic (exact) mass is 536 g/mol. The van der Waals surface area contributed by atoms with Crippen molar-refractivity contribution in [1.29, 1.82) is 0 Å². The lowest BCUT2D eigenvalue weighted by atomic mass is 9.83. The second kappa shape index (κ2) is 13.8. The third kappa shape index (κ3) is 15.4. The van der Waals surface area contributed by atoms with Crippen molar-refractivity contribution in [2.45, 2.75) is 130 Å². The molecule has 2 N–H and O–H groups in total. The molecule has 0 aromatic rings. The van der Waals surface area contributed by atoms with Crippen LogP contribution in [-0.2, 0) is 28.6 Å². The standard InChI is InChI=1S/C29H48N2O7/c1-26(2,3)36-22(32)14-17-29(18-15-23(33)37-27(4,5)6,19-16-24(34)38-28(7,8)9)31-25(35)30-20-21-12-10-11-13-21/h10-12H,13-20H2,1-9H3,(H2,30,31,35). The van der Waals surface area contributed by atoms with Crippen molar-refractivity contribution in [1.82, 2.24) is 10.6 Å². The molecule has 0 heterocycles. The van der Waals surface area contributed by atoms with Crippen LogP contribution in [0.3, 0.4) is 0 Å². The second-order valence-corrected chi connectivity index (χ2v) is 12.8. The summed E-state index contributed by atoms with van der Waals surface area (Å²) in [6, 6.07) is -0.449. The van der Waals surface area contributed by atoms with Gasteiger partial charge in [0.2, 0.25) is 0 Å². The number of allylic oxidation sites excluding steroid dienone is 3. The van der Waals surface area contributed by atoms with Gasteiger partial charge in [-0.25, -0.2) is 4.79 Å². The molecular weight excluding hydrogens is 488 g/mol. The molecule has 0 atom stereocenters. The molecule has 0 unspecified atom stereocenters. The van der Waals surface area contributed by atoms with E-state index in [1.54, 1.807) is 62.3 Å². The Hall–Kier alpha value is -2.84. The summed E-state index contributed by atoms with van der Waals surface area (Å²) in [4.78, 5) is 50.8. The maximum atomic E-state index is 13.0. The summed E-state index contributed by atoms with van der Waals surface area (Å²) in [7, 11) is 0. The second-order valence-electron chi connectivity index (χ2n) is 12.8. The van der Waals surface area contributed by atoms with Crippen LogP contribution in [0.5, 0.6) is 0 Å². The summed E-state index contributed by atoms with van der Waals surface area (Å²) in [6.07, 6.45) is 7.15. The van der Waals surface area contributed by atoms with Gasteiger partial charge in [-0.05, 0) is 93.6 Å². The van der Waals surface area contributed by atoms with E-state index in [0.29, 0.717) is 6.54 Å². The Kier molecular flexibility index (Phi) is 12.1. The van der Waals surface area contributed by atoms with E-state index in [2.05, 4.69) is 10.6 Å². The third-order valence-electron chi connectivity index (χ3n) is 5.39. The number of urea groups is 1. The molecule has 0 bridgehead atoms. The van der Waals surface area contributed by atoms with E-state index >= 15 is 0 Å². The van der Waals surface area contributed by atoms with E-state index in [1.807, 2.05) is 18.2 Å². The minimum absolute atomic E-state index is 0.00470. The summed E-state index contributed by atoms with van der Waals surface area (Å²) >= 11 is 0. The lowest BCUT2D eigenvalue weighted by molar-refractivity contribution is -0.155. The molecule has 1 aliphatic rings. The summed E-state index contributed by atoms with van der Waals surface area (Å²) in [5.74, 6) is -1.29. The number of carbonyl (C=O) groups is 4. The van der Waals surface area contributed by atoms with Gasteiger partial charge in [-0.2, -0.15) is 0 Å². The van der Waals surface area contributed by atoms with Crippen LogP contribution in [0.2, 0.25) is 0 Å². The van der Waals surface area contributed by atoms with Gasteiger partial charge in [0.05, 0.1) is 0 Å². The first-order valence-electron chi connectivity index (χ1n) is 13.3. The molecule has 2 amide bonds. The number of ether oxygens (including phenoxy) is 3. The van der Waals surface area contributed by atoms with Crippen LogP contribution in [0.4, 0.5) is 4.79 Å². The Morgan fingerprint density at radius 2 is 1.11 bits per heavy atom. The zero-order valence-corrected chi connectivity index (χ0v) is 24.7. The van der Waals surface area contributed by atoms with Gasteiger partial charge < -0.3 is 24.8 Å². The molecule has 0 radical (unpaired) electrons. The number of hydrogen-bond acceptors (Lipinski definition) is 7. The van der Waals surface area contributed by atoms with E-state index in [9.17, 15) is 19.2 Å². The zero-order valence-electron chi connectivity index (χ0n) is 24.7. The van der Waals surface area contributed by atoms with Gasteiger partial charge in [0.25, 0.3) is 0 Å². The smallest absolute Gasteiger partial charge is 0.315 e. The van der Waals surface area contributed by atoms with Crippen molar-refractivity contribution in [2.24, 2.45) is 0 Å². The Balaban J connectivity index is 3.13. The van der Waals surface area contributed by atoms with Gasteiger partial charge in [0.1, 0.15) is 16.8 Å². The Bertz CT molecular complexity index is 821. The lowest BCUT2D eigenvalue weighted by Gasteiger charge is -2.35. The van der Waals surface area contributed by atoms with E-state index in [-0.39, 0.29) is 38.5 Å². The number of hydrogen-bond donors (Lipinski definition) is 2. The number of amides is 2. The van der Waals surface area contributed by atoms with Crippen LogP contribution in [0.25, 0.3) is 0 Å². The quantitative estimate of drug-likeness (QED) is 0.257. The van der Waals surface area contributed by atoms with E-state index < -0.39 is 46.3 Å². The normalized spacial score (nSPS) is 14.0. The molecule has 0 aromatic carbocycles. The topological polar surface area (TPSA) is 120 Å². The molecule has 216 valence electrons. The predicted octanol–water partition coefficient (Wildman–Crippen LogP) is 5.28. The van der Waals surface area contributed by atoms with Crippen LogP contribution in [0.15, 0.2) is 23.8 Å². The maximum absolute atomic E-state index is 13.0. The first-order valence-corrected chi connectivity index (χ1v) is 13.3. The lowest BCUT2D eigenvalue weighted by Crippen LogP contribution is -2.53. The summed E-state index contributed by atoms with van der Waals surface area (Å²) < 4.78 is 16.4. The number of esters is 3. The van der Waals surface area contributed by atoms with E-state index in [4.69, 9.17) is 14.2 Å². The van der Waals surface area contributed by atoms with E-state index in [0.717, 1.165) is 12.0 Å². The summed E-state index contributed by atoms with van der Waals surface area (Å²) in [6.45, 7) is 16.4. The molecule has 0 aliphatic heterocycles. The van der Waals surface area contributed by atoms with Crippen molar-refractivity contribution in [2.75, 3.05) is 6.54 Å². The molecule has 1 aliphatic carbocycles. The van der Waals surface area contributed by atoms with Crippen molar-refractivity contribution >= 4 is 23.9 Å². The number of rotatable bonds is 12. The van der Waals surface area contributed by atoms with Gasteiger partial charge in [-0.3, -0.25) is 14.4 Å². The van der Waals surface area contributed by atoms with Crippen molar-refractivity contribution in [3.63, 3.8) is 0 Å². The molecule has 9 nitrogen and oxygen atoms in total. The Labute approximate surface area is 228 Å². The fourth-order valence-corrected chi connectivity index (χ4v) is 3.87. The molecule has 0 spiro atoms. The van der Waals surface area contributed by atoms with Crippen LogP contribution >= 0.6 is 0 Å². The first kappa shape index (κ1) is 33.2. The molecule has 9 heteroatoms. The molecular formula is C29H48N2O7. The minimum Gasteiger partial charge on any atom is -0.460 e. The highest BCUT2D eigenvalue weighted by molar-refractivity contribution is 5.76. The number of carbonyl (C=O) groups excluding carboxylic acids is 4.